The third-order valence-corrected chi connectivity index (χ3v) is 6.68. The summed E-state index contributed by atoms with van der Waals surface area (Å²) in [7, 11) is 0. The van der Waals surface area contributed by atoms with Gasteiger partial charge in [0.25, 0.3) is 5.91 Å². The first-order valence-corrected chi connectivity index (χ1v) is 11.5. The molecule has 160 valence electrons. The van der Waals surface area contributed by atoms with E-state index in [1.165, 1.54) is 11.3 Å². The molecule has 2 heterocycles. The molecule has 1 aliphatic heterocycles. The number of hydrogen-bond acceptors (Lipinski definition) is 4. The number of carbonyl (C=O) groups is 2. The number of piperidine rings is 1. The molecule has 2 N–H and O–H groups in total. The molecule has 0 bridgehead atoms. The van der Waals surface area contributed by atoms with E-state index in [-0.39, 0.29) is 23.9 Å². The zero-order valence-electron chi connectivity index (χ0n) is 17.6. The van der Waals surface area contributed by atoms with Crippen molar-refractivity contribution in [2.45, 2.75) is 31.8 Å². The van der Waals surface area contributed by atoms with Gasteiger partial charge in [-0.1, -0.05) is 54.6 Å². The van der Waals surface area contributed by atoms with E-state index >= 15 is 0 Å². The van der Waals surface area contributed by atoms with E-state index in [1.54, 1.807) is 0 Å². The Morgan fingerprint density at radius 3 is 2.39 bits per heavy atom. The SMILES string of the molecule is CC(C(=O)Nc1ccccc1-c1ccccc1)N1CCC(NC(=O)c2cccs2)CC1. The zero-order chi connectivity index (χ0) is 21.6. The molecule has 2 aromatic carbocycles. The molecule has 1 saturated heterocycles. The summed E-state index contributed by atoms with van der Waals surface area (Å²) in [4.78, 5) is 28.2. The van der Waals surface area contributed by atoms with Crippen LogP contribution in [-0.2, 0) is 4.79 Å². The van der Waals surface area contributed by atoms with Gasteiger partial charge >= 0.3 is 0 Å². The van der Waals surface area contributed by atoms with Crippen molar-refractivity contribution in [1.82, 2.24) is 10.2 Å². The third kappa shape index (κ3) is 5.21. The zero-order valence-corrected chi connectivity index (χ0v) is 18.4. The number of benzene rings is 2. The monoisotopic (exact) mass is 433 g/mol. The van der Waals surface area contributed by atoms with Crippen LogP contribution in [0.2, 0.25) is 0 Å². The maximum atomic E-state index is 13.0. The van der Waals surface area contributed by atoms with E-state index in [2.05, 4.69) is 15.5 Å². The summed E-state index contributed by atoms with van der Waals surface area (Å²) in [5, 5.41) is 8.15. The third-order valence-electron chi connectivity index (χ3n) is 5.81. The topological polar surface area (TPSA) is 61.4 Å². The summed E-state index contributed by atoms with van der Waals surface area (Å²) in [6.07, 6.45) is 1.69. The Bertz CT molecular complexity index is 1010. The van der Waals surface area contributed by atoms with Gasteiger partial charge in [-0.15, -0.1) is 11.3 Å². The van der Waals surface area contributed by atoms with Crippen molar-refractivity contribution < 1.29 is 9.59 Å². The van der Waals surface area contributed by atoms with Crippen LogP contribution in [0.25, 0.3) is 11.1 Å². The van der Waals surface area contributed by atoms with Gasteiger partial charge in [0.15, 0.2) is 0 Å². The summed E-state index contributed by atoms with van der Waals surface area (Å²) < 4.78 is 0. The molecule has 5 nitrogen and oxygen atoms in total. The molecule has 1 unspecified atom stereocenters. The predicted octanol–water partition coefficient (Wildman–Crippen LogP) is 4.64. The predicted molar refractivity (Wildman–Crippen MR) is 126 cm³/mol. The number of para-hydroxylation sites is 1. The number of anilines is 1. The van der Waals surface area contributed by atoms with Crippen molar-refractivity contribution in [3.8, 4) is 11.1 Å². The van der Waals surface area contributed by atoms with Gasteiger partial charge in [0.2, 0.25) is 5.91 Å². The normalized spacial score (nSPS) is 15.9. The van der Waals surface area contributed by atoms with E-state index in [9.17, 15) is 9.59 Å². The number of nitrogens with zero attached hydrogens (tertiary/aromatic N) is 1. The molecule has 3 aromatic rings. The highest BCUT2D eigenvalue weighted by Gasteiger charge is 2.28. The second-order valence-corrected chi connectivity index (χ2v) is 8.79. The first kappa shape index (κ1) is 21.3. The van der Waals surface area contributed by atoms with Gasteiger partial charge in [0.1, 0.15) is 0 Å². The molecule has 1 atom stereocenters. The lowest BCUT2D eigenvalue weighted by Gasteiger charge is -2.35. The molecule has 1 aromatic heterocycles. The minimum Gasteiger partial charge on any atom is -0.349 e. The number of hydrogen-bond donors (Lipinski definition) is 2. The summed E-state index contributed by atoms with van der Waals surface area (Å²) in [6, 6.07) is 21.6. The lowest BCUT2D eigenvalue weighted by atomic mass is 10.0. The number of likely N-dealkylation sites (tertiary alicyclic amines) is 1. The standard InChI is InChI=1S/C25H27N3O2S/c1-18(28-15-13-20(14-16-28)26-25(30)23-12-7-17-31-23)24(29)27-22-11-6-5-10-21(22)19-8-3-2-4-9-19/h2-12,17-18,20H,13-16H2,1H3,(H,26,30)(H,27,29). The van der Waals surface area contributed by atoms with Crippen LogP contribution in [0.4, 0.5) is 5.69 Å². The lowest BCUT2D eigenvalue weighted by Crippen LogP contribution is -2.50. The summed E-state index contributed by atoms with van der Waals surface area (Å²) in [5.41, 5.74) is 2.91. The molecule has 2 amide bonds. The first-order chi connectivity index (χ1) is 15.1. The van der Waals surface area contributed by atoms with E-state index in [4.69, 9.17) is 0 Å². The van der Waals surface area contributed by atoms with Gasteiger partial charge in [-0.3, -0.25) is 14.5 Å². The highest BCUT2D eigenvalue weighted by Crippen LogP contribution is 2.28. The summed E-state index contributed by atoms with van der Waals surface area (Å²) >= 11 is 1.45. The van der Waals surface area contributed by atoms with Crippen molar-refractivity contribution >= 4 is 28.8 Å². The minimum absolute atomic E-state index is 0.00300. The maximum Gasteiger partial charge on any atom is 0.261 e. The maximum absolute atomic E-state index is 13.0. The number of carbonyl (C=O) groups excluding carboxylic acids is 2. The largest absolute Gasteiger partial charge is 0.349 e. The van der Waals surface area contributed by atoms with Gasteiger partial charge in [0.05, 0.1) is 10.9 Å². The van der Waals surface area contributed by atoms with Crippen molar-refractivity contribution in [2.75, 3.05) is 18.4 Å². The van der Waals surface area contributed by atoms with Gasteiger partial charge < -0.3 is 10.6 Å². The van der Waals surface area contributed by atoms with Crippen molar-refractivity contribution in [3.63, 3.8) is 0 Å². The van der Waals surface area contributed by atoms with Crippen LogP contribution in [0.5, 0.6) is 0 Å². The summed E-state index contributed by atoms with van der Waals surface area (Å²) in [6.45, 7) is 3.51. The van der Waals surface area contributed by atoms with Crippen LogP contribution in [-0.4, -0.2) is 41.9 Å². The minimum atomic E-state index is -0.238. The van der Waals surface area contributed by atoms with Crippen LogP contribution in [0.1, 0.15) is 29.4 Å². The van der Waals surface area contributed by atoms with Crippen LogP contribution >= 0.6 is 11.3 Å². The number of rotatable bonds is 6. The molecule has 0 radical (unpaired) electrons. The molecule has 31 heavy (non-hydrogen) atoms. The Hall–Kier alpha value is -2.96. The van der Waals surface area contributed by atoms with Gasteiger partial charge in [0, 0.05) is 30.4 Å². The Labute approximate surface area is 187 Å². The van der Waals surface area contributed by atoms with Gasteiger partial charge in [-0.25, -0.2) is 0 Å². The molecule has 4 rings (SSSR count). The molecular weight excluding hydrogens is 406 g/mol. The van der Waals surface area contributed by atoms with E-state index in [0.717, 1.165) is 47.6 Å². The number of thiophene rings is 1. The Balaban J connectivity index is 1.33. The molecule has 0 spiro atoms. The second kappa shape index (κ2) is 9.90. The number of amides is 2. The lowest BCUT2D eigenvalue weighted by molar-refractivity contribution is -0.121. The molecule has 1 fully saturated rings. The smallest absolute Gasteiger partial charge is 0.261 e. The Morgan fingerprint density at radius 2 is 1.68 bits per heavy atom. The Kier molecular flexibility index (Phi) is 6.79. The number of nitrogens with one attached hydrogen (secondary N) is 2. The van der Waals surface area contributed by atoms with E-state index in [0.29, 0.717) is 0 Å². The van der Waals surface area contributed by atoms with Crippen molar-refractivity contribution in [3.05, 3.63) is 77.0 Å². The summed E-state index contributed by atoms with van der Waals surface area (Å²) in [5.74, 6) is -0.0128. The van der Waals surface area contributed by atoms with Crippen molar-refractivity contribution in [1.29, 1.82) is 0 Å². The average molecular weight is 434 g/mol. The van der Waals surface area contributed by atoms with Crippen LogP contribution < -0.4 is 10.6 Å². The molecule has 0 saturated carbocycles. The quantitative estimate of drug-likeness (QED) is 0.596. The van der Waals surface area contributed by atoms with E-state index in [1.807, 2.05) is 79.0 Å². The van der Waals surface area contributed by atoms with Gasteiger partial charge in [-0.05, 0) is 42.8 Å². The van der Waals surface area contributed by atoms with Crippen LogP contribution in [0.15, 0.2) is 72.1 Å². The van der Waals surface area contributed by atoms with E-state index < -0.39 is 0 Å². The van der Waals surface area contributed by atoms with Crippen molar-refractivity contribution in [2.24, 2.45) is 0 Å². The molecular formula is C25H27N3O2S. The highest BCUT2D eigenvalue weighted by molar-refractivity contribution is 7.12. The first-order valence-electron chi connectivity index (χ1n) is 10.7. The second-order valence-electron chi connectivity index (χ2n) is 7.84. The fourth-order valence-corrected chi connectivity index (χ4v) is 4.59. The fourth-order valence-electron chi connectivity index (χ4n) is 3.96. The Morgan fingerprint density at radius 1 is 0.968 bits per heavy atom. The molecule has 6 heteroatoms. The van der Waals surface area contributed by atoms with Crippen LogP contribution in [0.3, 0.4) is 0 Å². The van der Waals surface area contributed by atoms with Gasteiger partial charge in [-0.2, -0.15) is 0 Å². The highest BCUT2D eigenvalue weighted by atomic mass is 32.1. The fraction of sp³-hybridized carbons (Fsp3) is 0.280. The average Bonchev–Trinajstić information content (AvgIpc) is 3.35. The molecule has 1 aliphatic rings. The molecule has 0 aliphatic carbocycles. The van der Waals surface area contributed by atoms with Crippen LogP contribution in [0, 0.1) is 0 Å².